The summed E-state index contributed by atoms with van der Waals surface area (Å²) in [5.41, 5.74) is 4.01. The normalized spacial score (nSPS) is 22.3. The van der Waals surface area contributed by atoms with Gasteiger partial charge in [0.1, 0.15) is 17.7 Å². The van der Waals surface area contributed by atoms with Gasteiger partial charge in [-0.25, -0.2) is 4.39 Å². The fraction of sp³-hybridized carbons (Fsp3) is 0.568. The third kappa shape index (κ3) is 11.3. The van der Waals surface area contributed by atoms with Gasteiger partial charge in [-0.05, 0) is 103 Å². The lowest BCUT2D eigenvalue weighted by atomic mass is 9.94. The number of nitrogens with zero attached hydrogens (tertiary/aromatic N) is 1. The van der Waals surface area contributed by atoms with Crippen molar-refractivity contribution in [2.24, 2.45) is 0 Å². The summed E-state index contributed by atoms with van der Waals surface area (Å²) in [5, 5.41) is 3.20. The maximum atomic E-state index is 14.6. The van der Waals surface area contributed by atoms with E-state index in [2.05, 4.69) is 23.7 Å². The maximum Gasteiger partial charge on any atom is 0.308 e. The zero-order chi connectivity index (χ0) is 40.1. The Hall–Kier alpha value is -3.90. The number of benzene rings is 2. The van der Waals surface area contributed by atoms with E-state index >= 15 is 0 Å². The Kier molecular flexibility index (Phi) is 13.4. The van der Waals surface area contributed by atoms with E-state index in [1.54, 1.807) is 12.1 Å². The van der Waals surface area contributed by atoms with Crippen molar-refractivity contribution in [2.75, 3.05) is 6.54 Å². The van der Waals surface area contributed by atoms with Crippen LogP contribution in [0.2, 0.25) is 0 Å². The summed E-state index contributed by atoms with van der Waals surface area (Å²) in [4.78, 5) is 38.7. The number of hydrogen-bond acceptors (Lipinski definition) is 8. The van der Waals surface area contributed by atoms with Gasteiger partial charge in [0, 0.05) is 43.6 Å². The summed E-state index contributed by atoms with van der Waals surface area (Å²) in [6, 6.07) is 16.2. The van der Waals surface area contributed by atoms with Crippen molar-refractivity contribution >= 4 is 18.2 Å². The fourth-order valence-electron chi connectivity index (χ4n) is 7.94. The quantitative estimate of drug-likeness (QED) is 0.128. The van der Waals surface area contributed by atoms with E-state index in [4.69, 9.17) is 23.7 Å². The number of hydrogen-bond donors (Lipinski definition) is 1. The molecule has 4 atom stereocenters. The fourth-order valence-corrected chi connectivity index (χ4v) is 7.94. The zero-order valence-corrected chi connectivity index (χ0v) is 33.9. The van der Waals surface area contributed by atoms with Crippen LogP contribution < -0.4 is 5.32 Å². The number of aromatic nitrogens is 1. The molecule has 300 valence electrons. The van der Waals surface area contributed by atoms with Crippen LogP contribution in [0.4, 0.5) is 4.39 Å². The molecule has 2 aliphatic rings. The Morgan fingerprint density at radius 3 is 2.05 bits per heavy atom. The van der Waals surface area contributed by atoms with Crippen LogP contribution in [0.5, 0.6) is 0 Å². The highest BCUT2D eigenvalue weighted by atomic mass is 19.1. The number of aldehydes is 1. The van der Waals surface area contributed by atoms with Crippen LogP contribution in [-0.4, -0.2) is 70.9 Å². The molecule has 0 saturated carbocycles. The van der Waals surface area contributed by atoms with Crippen molar-refractivity contribution in [3.05, 3.63) is 71.7 Å². The molecular formula is C44H59FN2O8. The summed E-state index contributed by atoms with van der Waals surface area (Å²) in [7, 11) is 0. The van der Waals surface area contributed by atoms with Gasteiger partial charge in [0.25, 0.3) is 5.91 Å². The first-order valence-electron chi connectivity index (χ1n) is 19.6. The van der Waals surface area contributed by atoms with Crippen molar-refractivity contribution in [3.8, 4) is 22.4 Å². The van der Waals surface area contributed by atoms with E-state index in [-0.39, 0.29) is 54.8 Å². The van der Waals surface area contributed by atoms with Gasteiger partial charge in [0.05, 0.1) is 42.1 Å². The molecule has 1 amide bonds. The van der Waals surface area contributed by atoms with Gasteiger partial charge in [-0.2, -0.15) is 0 Å². The van der Waals surface area contributed by atoms with Crippen LogP contribution in [0.3, 0.4) is 0 Å². The SMILES string of the molecule is CC(C)c1c(C(=O)NCCC2CC(CC=O)OC(C)(C)O2)c(-c2ccccc2)c(-c2ccc(F)cc2)n1CCC1CC(CC(=O)OC(C)(C)C)OC(C)(C)O1. The summed E-state index contributed by atoms with van der Waals surface area (Å²) in [6.07, 6.45) is 2.31. The summed E-state index contributed by atoms with van der Waals surface area (Å²) in [6.45, 7) is 17.9. The molecule has 2 saturated heterocycles. The van der Waals surface area contributed by atoms with E-state index in [9.17, 15) is 18.8 Å². The summed E-state index contributed by atoms with van der Waals surface area (Å²) in [5.74, 6) is -2.74. The van der Waals surface area contributed by atoms with Crippen LogP contribution in [0.1, 0.15) is 123 Å². The van der Waals surface area contributed by atoms with Crippen LogP contribution in [0.15, 0.2) is 54.6 Å². The Labute approximate surface area is 325 Å². The molecule has 0 radical (unpaired) electrons. The van der Waals surface area contributed by atoms with E-state index in [0.29, 0.717) is 44.3 Å². The Morgan fingerprint density at radius 1 is 0.873 bits per heavy atom. The monoisotopic (exact) mass is 762 g/mol. The first kappa shape index (κ1) is 42.2. The molecule has 0 bridgehead atoms. The van der Waals surface area contributed by atoms with Crippen molar-refractivity contribution in [1.29, 1.82) is 0 Å². The highest BCUT2D eigenvalue weighted by molar-refractivity contribution is 6.06. The van der Waals surface area contributed by atoms with Gasteiger partial charge in [-0.3, -0.25) is 9.59 Å². The van der Waals surface area contributed by atoms with Gasteiger partial charge in [-0.15, -0.1) is 0 Å². The zero-order valence-electron chi connectivity index (χ0n) is 33.9. The summed E-state index contributed by atoms with van der Waals surface area (Å²) >= 11 is 0. The number of carbonyl (C=O) groups excluding carboxylic acids is 3. The molecule has 4 unspecified atom stereocenters. The molecule has 1 aromatic heterocycles. The number of ether oxygens (including phenoxy) is 5. The molecule has 1 N–H and O–H groups in total. The lowest BCUT2D eigenvalue weighted by Crippen LogP contribution is -2.46. The maximum absolute atomic E-state index is 14.6. The van der Waals surface area contributed by atoms with Gasteiger partial charge in [0.15, 0.2) is 11.6 Å². The predicted octanol–water partition coefficient (Wildman–Crippen LogP) is 8.74. The van der Waals surface area contributed by atoms with Crippen LogP contribution in [0, 0.1) is 5.82 Å². The van der Waals surface area contributed by atoms with Gasteiger partial charge >= 0.3 is 5.97 Å². The number of carbonyl (C=O) groups is 3. The molecular weight excluding hydrogens is 703 g/mol. The lowest BCUT2D eigenvalue weighted by molar-refractivity contribution is -0.301. The average molecular weight is 763 g/mol. The number of esters is 1. The summed E-state index contributed by atoms with van der Waals surface area (Å²) < 4.78 is 46.9. The van der Waals surface area contributed by atoms with E-state index in [1.165, 1.54) is 12.1 Å². The molecule has 11 heteroatoms. The van der Waals surface area contributed by atoms with Gasteiger partial charge in [0.2, 0.25) is 0 Å². The first-order chi connectivity index (χ1) is 25.8. The van der Waals surface area contributed by atoms with E-state index < -0.39 is 23.3 Å². The first-order valence-corrected chi connectivity index (χ1v) is 19.6. The van der Waals surface area contributed by atoms with Crippen molar-refractivity contribution < 1.29 is 42.5 Å². The number of rotatable bonds is 14. The molecule has 55 heavy (non-hydrogen) atoms. The van der Waals surface area contributed by atoms with Gasteiger partial charge < -0.3 is 38.4 Å². The number of amides is 1. The predicted molar refractivity (Wildman–Crippen MR) is 209 cm³/mol. The highest BCUT2D eigenvalue weighted by Gasteiger charge is 2.39. The number of nitrogens with one attached hydrogen (secondary N) is 1. The molecule has 0 spiro atoms. The topological polar surface area (TPSA) is 114 Å². The minimum absolute atomic E-state index is 0.0758. The highest BCUT2D eigenvalue weighted by Crippen LogP contribution is 2.43. The Morgan fingerprint density at radius 2 is 1.45 bits per heavy atom. The van der Waals surface area contributed by atoms with Crippen molar-refractivity contribution in [2.45, 2.75) is 155 Å². The Balaban J connectivity index is 1.50. The van der Waals surface area contributed by atoms with Crippen LogP contribution in [0.25, 0.3) is 22.4 Å². The van der Waals surface area contributed by atoms with E-state index in [1.807, 2.05) is 78.8 Å². The average Bonchev–Trinajstić information content (AvgIpc) is 3.41. The molecule has 5 rings (SSSR count). The van der Waals surface area contributed by atoms with Gasteiger partial charge in [-0.1, -0.05) is 44.2 Å². The standard InChI is InChI=1S/C44H59FN2O8/c1-28(2)39-38(41(50)46-22-19-32-25-34(21-24-48)53-43(6,7)51-32)37(29-13-11-10-12-14-29)40(30-15-17-31(45)18-16-30)47(39)23-20-33-26-35(54-44(8,9)52-33)27-36(49)55-42(3,4)5/h10-18,24,28,32-35H,19-23,25-27H2,1-9H3,(H,46,50). The number of halogens is 1. The third-order valence-electron chi connectivity index (χ3n) is 9.71. The van der Waals surface area contributed by atoms with Crippen molar-refractivity contribution in [1.82, 2.24) is 9.88 Å². The molecule has 2 aliphatic heterocycles. The Bertz CT molecular complexity index is 1780. The van der Waals surface area contributed by atoms with E-state index in [0.717, 1.165) is 34.4 Å². The molecule has 2 aromatic carbocycles. The minimum Gasteiger partial charge on any atom is -0.460 e. The lowest BCUT2D eigenvalue weighted by Gasteiger charge is -2.41. The smallest absolute Gasteiger partial charge is 0.308 e. The molecule has 10 nitrogen and oxygen atoms in total. The second-order valence-corrected chi connectivity index (χ2v) is 16.9. The van der Waals surface area contributed by atoms with Crippen LogP contribution in [-0.2, 0) is 39.8 Å². The minimum atomic E-state index is -0.927. The largest absolute Gasteiger partial charge is 0.460 e. The molecule has 3 heterocycles. The molecule has 2 fully saturated rings. The molecule has 3 aromatic rings. The second-order valence-electron chi connectivity index (χ2n) is 16.9. The van der Waals surface area contributed by atoms with Crippen LogP contribution >= 0.6 is 0 Å². The second kappa shape index (κ2) is 17.5. The van der Waals surface area contributed by atoms with Crippen molar-refractivity contribution in [3.63, 3.8) is 0 Å². The third-order valence-corrected chi connectivity index (χ3v) is 9.71. The molecule has 0 aliphatic carbocycles.